The number of aliphatic hydroxyl groups excluding tert-OH is 1. The highest BCUT2D eigenvalue weighted by molar-refractivity contribution is 7.99. The molecule has 3 rings (SSSR count). The van der Waals surface area contributed by atoms with Crippen molar-refractivity contribution in [1.82, 2.24) is 10.6 Å². The number of hydrogen-bond donors (Lipinski definition) is 3. The van der Waals surface area contributed by atoms with E-state index in [0.717, 1.165) is 38.5 Å². The van der Waals surface area contributed by atoms with E-state index in [1.165, 1.54) is 15.4 Å². The van der Waals surface area contributed by atoms with Gasteiger partial charge in [-0.05, 0) is 49.6 Å². The van der Waals surface area contributed by atoms with Crippen LogP contribution in [0.2, 0.25) is 0 Å². The van der Waals surface area contributed by atoms with Gasteiger partial charge in [0.25, 0.3) is 0 Å². The molecule has 0 aromatic heterocycles. The normalized spacial score (nSPS) is 19.3. The lowest BCUT2D eigenvalue weighted by Gasteiger charge is -2.27. The molecule has 29 heavy (non-hydrogen) atoms. The van der Waals surface area contributed by atoms with Crippen LogP contribution in [0.15, 0.2) is 69.4 Å². The van der Waals surface area contributed by atoms with E-state index < -0.39 is 0 Å². The Morgan fingerprint density at radius 2 is 1.86 bits per heavy atom. The molecule has 0 saturated carbocycles. The summed E-state index contributed by atoms with van der Waals surface area (Å²) in [5, 5.41) is 16.2. The lowest BCUT2D eigenvalue weighted by Crippen LogP contribution is -2.44. The fourth-order valence-electron chi connectivity index (χ4n) is 3.38. The summed E-state index contributed by atoms with van der Waals surface area (Å²) in [6, 6.07) is 19.0. The molecule has 1 aliphatic heterocycles. The van der Waals surface area contributed by atoms with Gasteiger partial charge in [-0.15, -0.1) is 0 Å². The Morgan fingerprint density at radius 1 is 1.10 bits per heavy atom. The van der Waals surface area contributed by atoms with E-state index >= 15 is 0 Å². The van der Waals surface area contributed by atoms with Gasteiger partial charge < -0.3 is 20.5 Å². The average Bonchev–Trinajstić information content (AvgIpc) is 3.21. The zero-order valence-corrected chi connectivity index (χ0v) is 17.9. The molecule has 0 aliphatic carbocycles. The first kappa shape index (κ1) is 21.7. The molecule has 0 bridgehead atoms. The molecule has 1 aliphatic rings. The molecule has 1 fully saturated rings. The Balaban J connectivity index is 1.56. The van der Waals surface area contributed by atoms with Crippen molar-refractivity contribution in [2.24, 2.45) is 10.4 Å². The lowest BCUT2D eigenvalue weighted by atomic mass is 9.84. The molecular weight excluding hydrogens is 382 g/mol. The summed E-state index contributed by atoms with van der Waals surface area (Å²) in [4.78, 5) is 7.20. The number of aliphatic imine (C=N–C) groups is 1. The third kappa shape index (κ3) is 6.77. The highest BCUT2D eigenvalue weighted by Crippen LogP contribution is 2.31. The summed E-state index contributed by atoms with van der Waals surface area (Å²) < 4.78 is 5.57. The van der Waals surface area contributed by atoms with E-state index in [9.17, 15) is 5.11 Å². The van der Waals surface area contributed by atoms with Crippen molar-refractivity contribution in [3.8, 4) is 0 Å². The van der Waals surface area contributed by atoms with E-state index in [4.69, 9.17) is 9.73 Å². The molecule has 2 aromatic carbocycles. The van der Waals surface area contributed by atoms with Crippen LogP contribution in [0.25, 0.3) is 0 Å². The Hall–Kier alpha value is -2.02. The van der Waals surface area contributed by atoms with E-state index in [2.05, 4.69) is 66.1 Å². The molecule has 156 valence electrons. The highest BCUT2D eigenvalue weighted by Gasteiger charge is 2.34. The molecule has 6 heteroatoms. The summed E-state index contributed by atoms with van der Waals surface area (Å²) >= 11 is 1.76. The number of guanidine groups is 1. The van der Waals surface area contributed by atoms with Crippen molar-refractivity contribution in [1.29, 1.82) is 0 Å². The first-order valence-electron chi connectivity index (χ1n) is 10.3. The Kier molecular flexibility index (Phi) is 8.40. The van der Waals surface area contributed by atoms with Gasteiger partial charge in [0.15, 0.2) is 5.96 Å². The van der Waals surface area contributed by atoms with Gasteiger partial charge in [-0.25, -0.2) is 4.99 Å². The summed E-state index contributed by atoms with van der Waals surface area (Å²) in [5.41, 5.74) is 1.18. The molecule has 1 unspecified atom stereocenters. The van der Waals surface area contributed by atoms with Crippen LogP contribution in [0, 0.1) is 5.41 Å². The van der Waals surface area contributed by atoms with Gasteiger partial charge in [0, 0.05) is 41.5 Å². The van der Waals surface area contributed by atoms with E-state index in [1.54, 1.807) is 11.8 Å². The number of nitrogens with zero attached hydrogens (tertiary/aromatic N) is 1. The Bertz CT molecular complexity index is 759. The van der Waals surface area contributed by atoms with Crippen molar-refractivity contribution >= 4 is 17.7 Å². The number of aliphatic hydroxyl groups is 1. The largest absolute Gasteiger partial charge is 0.396 e. The van der Waals surface area contributed by atoms with Crippen LogP contribution < -0.4 is 10.6 Å². The van der Waals surface area contributed by atoms with Gasteiger partial charge >= 0.3 is 0 Å². The smallest absolute Gasteiger partial charge is 0.191 e. The highest BCUT2D eigenvalue weighted by atomic mass is 32.2. The number of ether oxygens (including phenoxy) is 1. The van der Waals surface area contributed by atoms with E-state index in [0.29, 0.717) is 13.2 Å². The summed E-state index contributed by atoms with van der Waals surface area (Å²) in [5.74, 6) is 0.805. The number of rotatable bonds is 9. The van der Waals surface area contributed by atoms with Gasteiger partial charge in [-0.2, -0.15) is 0 Å². The maximum Gasteiger partial charge on any atom is 0.191 e. The Labute approximate surface area is 178 Å². The van der Waals surface area contributed by atoms with Crippen molar-refractivity contribution in [2.45, 2.75) is 36.1 Å². The standard InChI is InChI=1S/C23H31N3O2S/c1-2-24-22(26-17-23(12-14-27)13-15-28-18-23)25-16-19-8-10-21(11-9-19)29-20-6-4-3-5-7-20/h3-11,27H,2,12-18H2,1H3,(H2,24,25,26). The SMILES string of the molecule is CCNC(=NCc1ccc(Sc2ccccc2)cc1)NCC1(CCO)CCOC1. The fourth-order valence-corrected chi connectivity index (χ4v) is 4.22. The molecule has 2 aromatic rings. The summed E-state index contributed by atoms with van der Waals surface area (Å²) in [6.45, 7) is 5.90. The zero-order chi connectivity index (χ0) is 20.4. The van der Waals surface area contributed by atoms with Crippen LogP contribution in [0.3, 0.4) is 0 Å². The molecule has 1 atom stereocenters. The molecule has 1 saturated heterocycles. The van der Waals surface area contributed by atoms with Crippen LogP contribution in [-0.2, 0) is 11.3 Å². The minimum Gasteiger partial charge on any atom is -0.396 e. The van der Waals surface area contributed by atoms with E-state index in [1.807, 2.05) is 6.07 Å². The third-order valence-electron chi connectivity index (χ3n) is 5.12. The molecule has 0 spiro atoms. The predicted molar refractivity (Wildman–Crippen MR) is 119 cm³/mol. The molecule has 3 N–H and O–H groups in total. The van der Waals surface area contributed by atoms with Gasteiger partial charge in [0.2, 0.25) is 0 Å². The molecular formula is C23H31N3O2S. The second-order valence-corrected chi connectivity index (χ2v) is 8.53. The Morgan fingerprint density at radius 3 is 2.52 bits per heavy atom. The summed E-state index contributed by atoms with van der Waals surface area (Å²) in [6.07, 6.45) is 1.72. The van der Waals surface area contributed by atoms with Gasteiger partial charge in [-0.1, -0.05) is 42.1 Å². The second-order valence-electron chi connectivity index (χ2n) is 7.38. The van der Waals surface area contributed by atoms with Gasteiger partial charge in [-0.3, -0.25) is 0 Å². The molecule has 1 heterocycles. The molecule has 5 nitrogen and oxygen atoms in total. The van der Waals surface area contributed by atoms with Gasteiger partial charge in [0.1, 0.15) is 0 Å². The van der Waals surface area contributed by atoms with Crippen LogP contribution in [0.1, 0.15) is 25.3 Å². The van der Waals surface area contributed by atoms with Crippen molar-refractivity contribution < 1.29 is 9.84 Å². The summed E-state index contributed by atoms with van der Waals surface area (Å²) in [7, 11) is 0. The van der Waals surface area contributed by atoms with Crippen LogP contribution in [-0.4, -0.2) is 44.0 Å². The maximum atomic E-state index is 9.40. The number of nitrogens with one attached hydrogen (secondary N) is 2. The minimum atomic E-state index is 0.00124. The van der Waals surface area contributed by atoms with E-state index in [-0.39, 0.29) is 12.0 Å². The number of hydrogen-bond acceptors (Lipinski definition) is 4. The van der Waals surface area contributed by atoms with Crippen LogP contribution >= 0.6 is 11.8 Å². The first-order chi connectivity index (χ1) is 14.2. The topological polar surface area (TPSA) is 65.9 Å². The van der Waals surface area contributed by atoms with Crippen molar-refractivity contribution in [3.05, 3.63) is 60.2 Å². The van der Waals surface area contributed by atoms with Crippen molar-refractivity contribution in [2.75, 3.05) is 32.9 Å². The monoisotopic (exact) mass is 413 g/mol. The average molecular weight is 414 g/mol. The molecule has 0 amide bonds. The van der Waals surface area contributed by atoms with Gasteiger partial charge in [0.05, 0.1) is 13.2 Å². The van der Waals surface area contributed by atoms with Crippen LogP contribution in [0.4, 0.5) is 0 Å². The fraction of sp³-hybridized carbons (Fsp3) is 0.435. The minimum absolute atomic E-state index is 0.00124. The quantitative estimate of drug-likeness (QED) is 0.432. The second kappa shape index (κ2) is 11.2. The first-order valence-corrected chi connectivity index (χ1v) is 11.1. The third-order valence-corrected chi connectivity index (χ3v) is 6.14. The lowest BCUT2D eigenvalue weighted by molar-refractivity contribution is 0.127. The predicted octanol–water partition coefficient (Wildman–Crippen LogP) is 3.68. The maximum absolute atomic E-state index is 9.40. The zero-order valence-electron chi connectivity index (χ0n) is 17.1. The molecule has 0 radical (unpaired) electrons. The van der Waals surface area contributed by atoms with Crippen LogP contribution in [0.5, 0.6) is 0 Å². The van der Waals surface area contributed by atoms with Crippen molar-refractivity contribution in [3.63, 3.8) is 0 Å². The number of benzene rings is 2.